The third kappa shape index (κ3) is 2.12. The molecule has 2 rings (SSSR count). The van der Waals surface area contributed by atoms with Gasteiger partial charge in [0.1, 0.15) is 6.23 Å². The van der Waals surface area contributed by atoms with Crippen molar-refractivity contribution in [3.8, 4) is 0 Å². The van der Waals surface area contributed by atoms with E-state index in [0.29, 0.717) is 13.2 Å². The smallest absolute Gasteiger partial charge is 0.326 e. The zero-order chi connectivity index (χ0) is 10.8. The highest BCUT2D eigenvalue weighted by Gasteiger charge is 2.34. The predicted octanol–water partition coefficient (Wildman–Crippen LogP) is 0.701. The first kappa shape index (κ1) is 10.4. The molecule has 0 bridgehead atoms. The molecule has 2 unspecified atom stereocenters. The quantitative estimate of drug-likeness (QED) is 0.696. The van der Waals surface area contributed by atoms with Crippen molar-refractivity contribution in [1.82, 2.24) is 10.2 Å². The van der Waals surface area contributed by atoms with Gasteiger partial charge >= 0.3 is 6.03 Å². The van der Waals surface area contributed by atoms with Crippen molar-refractivity contribution >= 4 is 11.9 Å². The Kier molecular flexibility index (Phi) is 2.90. The summed E-state index contributed by atoms with van der Waals surface area (Å²) in [5.74, 6) is -0.333. The fourth-order valence-electron chi connectivity index (χ4n) is 1.98. The zero-order valence-electron chi connectivity index (χ0n) is 8.86. The average molecular weight is 212 g/mol. The maximum absolute atomic E-state index is 11.6. The van der Waals surface area contributed by atoms with Gasteiger partial charge in [-0.05, 0) is 19.3 Å². The third-order valence-corrected chi connectivity index (χ3v) is 2.91. The molecule has 2 atom stereocenters. The fourth-order valence-corrected chi connectivity index (χ4v) is 1.98. The summed E-state index contributed by atoms with van der Waals surface area (Å²) in [6.45, 7) is 2.99. The van der Waals surface area contributed by atoms with Gasteiger partial charge in [-0.25, -0.2) is 4.79 Å². The van der Waals surface area contributed by atoms with Gasteiger partial charge < -0.3 is 4.74 Å². The van der Waals surface area contributed by atoms with E-state index in [1.165, 1.54) is 0 Å². The maximum atomic E-state index is 11.6. The summed E-state index contributed by atoms with van der Waals surface area (Å²) in [6.07, 6.45) is 2.86. The molecule has 0 aromatic rings. The van der Waals surface area contributed by atoms with Crippen LogP contribution >= 0.6 is 0 Å². The first-order valence-electron chi connectivity index (χ1n) is 5.41. The molecular formula is C10H16N2O3. The van der Waals surface area contributed by atoms with Gasteiger partial charge in [-0.2, -0.15) is 0 Å². The van der Waals surface area contributed by atoms with Gasteiger partial charge in [-0.3, -0.25) is 15.0 Å². The summed E-state index contributed by atoms with van der Waals surface area (Å²) in [6, 6.07) is -0.315. The van der Waals surface area contributed by atoms with Crippen LogP contribution in [0.15, 0.2) is 0 Å². The second-order valence-electron chi connectivity index (χ2n) is 4.17. The van der Waals surface area contributed by atoms with Crippen molar-refractivity contribution in [1.29, 1.82) is 0 Å². The lowest BCUT2D eigenvalue weighted by atomic mass is 10.1. The van der Waals surface area contributed by atoms with Crippen LogP contribution in [0.1, 0.15) is 26.2 Å². The van der Waals surface area contributed by atoms with Gasteiger partial charge in [0.2, 0.25) is 5.91 Å². The first-order chi connectivity index (χ1) is 7.18. The zero-order valence-corrected chi connectivity index (χ0v) is 8.86. The molecule has 2 aliphatic rings. The number of nitrogens with zero attached hydrogens (tertiary/aromatic N) is 1. The number of nitrogens with one attached hydrogen (secondary N) is 1. The molecule has 15 heavy (non-hydrogen) atoms. The van der Waals surface area contributed by atoms with Crippen LogP contribution in [-0.2, 0) is 9.53 Å². The summed E-state index contributed by atoms with van der Waals surface area (Å²) in [7, 11) is 0. The van der Waals surface area contributed by atoms with E-state index in [1.807, 2.05) is 6.92 Å². The van der Waals surface area contributed by atoms with E-state index in [9.17, 15) is 9.59 Å². The van der Waals surface area contributed by atoms with E-state index in [1.54, 1.807) is 4.90 Å². The number of carbonyl (C=O) groups excluding carboxylic acids is 2. The minimum atomic E-state index is -0.315. The standard InChI is InChI=1S/C10H16N2O3/c1-7-6-12(10(14)11-9(7)13)8-4-2-3-5-15-8/h7-8H,2-6H2,1H3,(H,11,13,14). The summed E-state index contributed by atoms with van der Waals surface area (Å²) < 4.78 is 5.53. The van der Waals surface area contributed by atoms with Gasteiger partial charge in [0.25, 0.3) is 0 Å². The lowest BCUT2D eigenvalue weighted by molar-refractivity contribution is -0.129. The number of rotatable bonds is 1. The van der Waals surface area contributed by atoms with Crippen LogP contribution in [0.2, 0.25) is 0 Å². The van der Waals surface area contributed by atoms with Crippen molar-refractivity contribution < 1.29 is 14.3 Å². The van der Waals surface area contributed by atoms with Gasteiger partial charge in [0.05, 0.1) is 5.92 Å². The van der Waals surface area contributed by atoms with Crippen LogP contribution in [0.25, 0.3) is 0 Å². The molecule has 1 N–H and O–H groups in total. The van der Waals surface area contributed by atoms with E-state index in [2.05, 4.69) is 5.32 Å². The Labute approximate surface area is 88.8 Å². The Balaban J connectivity index is 2.01. The van der Waals surface area contributed by atoms with Crippen LogP contribution in [0, 0.1) is 5.92 Å². The van der Waals surface area contributed by atoms with E-state index >= 15 is 0 Å². The van der Waals surface area contributed by atoms with Crippen LogP contribution in [0.5, 0.6) is 0 Å². The topological polar surface area (TPSA) is 58.6 Å². The Hall–Kier alpha value is -1.10. The van der Waals surface area contributed by atoms with Gasteiger partial charge in [-0.15, -0.1) is 0 Å². The minimum absolute atomic E-state index is 0.144. The average Bonchev–Trinajstić information content (AvgIpc) is 2.25. The van der Waals surface area contributed by atoms with Crippen LogP contribution in [-0.4, -0.2) is 36.2 Å². The molecule has 2 saturated heterocycles. The highest BCUT2D eigenvalue weighted by atomic mass is 16.5. The summed E-state index contributed by atoms with van der Waals surface area (Å²) >= 11 is 0. The normalized spacial score (nSPS) is 32.7. The van der Waals surface area contributed by atoms with Gasteiger partial charge in [0.15, 0.2) is 0 Å². The molecule has 5 heteroatoms. The molecule has 3 amide bonds. The number of ether oxygens (including phenoxy) is 1. The van der Waals surface area contributed by atoms with Crippen LogP contribution < -0.4 is 5.32 Å². The third-order valence-electron chi connectivity index (χ3n) is 2.91. The summed E-state index contributed by atoms with van der Waals surface area (Å²) in [5, 5.41) is 2.34. The Morgan fingerprint density at radius 2 is 2.20 bits per heavy atom. The Bertz CT molecular complexity index is 274. The maximum Gasteiger partial charge on any atom is 0.326 e. The van der Waals surface area contributed by atoms with E-state index in [4.69, 9.17) is 4.74 Å². The van der Waals surface area contributed by atoms with E-state index < -0.39 is 0 Å². The number of urea groups is 1. The summed E-state index contributed by atoms with van der Waals surface area (Å²) in [5.41, 5.74) is 0. The molecule has 0 spiro atoms. The minimum Gasteiger partial charge on any atom is -0.358 e. The van der Waals surface area contributed by atoms with E-state index in [-0.39, 0.29) is 24.1 Å². The molecule has 0 aromatic carbocycles. The van der Waals surface area contributed by atoms with Crippen molar-refractivity contribution in [2.45, 2.75) is 32.4 Å². The van der Waals surface area contributed by atoms with Gasteiger partial charge in [0, 0.05) is 13.2 Å². The largest absolute Gasteiger partial charge is 0.358 e. The molecular weight excluding hydrogens is 196 g/mol. The number of hydrogen-bond acceptors (Lipinski definition) is 3. The number of carbonyl (C=O) groups is 2. The monoisotopic (exact) mass is 212 g/mol. The highest BCUT2D eigenvalue weighted by Crippen LogP contribution is 2.20. The number of amides is 3. The van der Waals surface area contributed by atoms with Crippen LogP contribution in [0.4, 0.5) is 4.79 Å². The lowest BCUT2D eigenvalue weighted by Crippen LogP contribution is -2.58. The molecule has 0 radical (unpaired) electrons. The highest BCUT2D eigenvalue weighted by molar-refractivity contribution is 5.97. The molecule has 5 nitrogen and oxygen atoms in total. The van der Waals surface area contributed by atoms with Crippen molar-refractivity contribution in [2.75, 3.05) is 13.2 Å². The van der Waals surface area contributed by atoms with E-state index in [0.717, 1.165) is 19.3 Å². The van der Waals surface area contributed by atoms with Gasteiger partial charge in [-0.1, -0.05) is 6.92 Å². The number of imide groups is 1. The van der Waals surface area contributed by atoms with Crippen LogP contribution in [0.3, 0.4) is 0 Å². The van der Waals surface area contributed by atoms with Crippen molar-refractivity contribution in [3.05, 3.63) is 0 Å². The second kappa shape index (κ2) is 4.18. The molecule has 84 valence electrons. The number of hydrogen-bond donors (Lipinski definition) is 1. The lowest BCUT2D eigenvalue weighted by Gasteiger charge is -2.38. The molecule has 2 heterocycles. The molecule has 0 aromatic heterocycles. The Morgan fingerprint density at radius 1 is 1.40 bits per heavy atom. The molecule has 2 aliphatic heterocycles. The Morgan fingerprint density at radius 3 is 2.87 bits per heavy atom. The predicted molar refractivity (Wildman–Crippen MR) is 53.0 cm³/mol. The molecule has 0 saturated carbocycles. The summed E-state index contributed by atoms with van der Waals surface area (Å²) in [4.78, 5) is 24.4. The second-order valence-corrected chi connectivity index (χ2v) is 4.17. The van der Waals surface area contributed by atoms with Crippen molar-refractivity contribution in [3.63, 3.8) is 0 Å². The SMILES string of the molecule is CC1CN(C2CCCCO2)C(=O)NC1=O. The molecule has 2 fully saturated rings. The first-order valence-corrected chi connectivity index (χ1v) is 5.41. The fraction of sp³-hybridized carbons (Fsp3) is 0.800. The molecule has 0 aliphatic carbocycles. The van der Waals surface area contributed by atoms with Crippen molar-refractivity contribution in [2.24, 2.45) is 5.92 Å².